The molecule has 0 aliphatic rings. The summed E-state index contributed by atoms with van der Waals surface area (Å²) in [5, 5.41) is 2.82. The van der Waals surface area contributed by atoms with Gasteiger partial charge >= 0.3 is 0 Å². The zero-order valence-electron chi connectivity index (χ0n) is 10.0. The van der Waals surface area contributed by atoms with E-state index in [1.165, 1.54) is 0 Å². The standard InChI is InChI=1S/C13H16N4O/c14-5-4-13(18)16-12-3-1-2-11(8-12)9-17-7-6-15-10-17/h1-3,6-8,10H,4-5,9,14H2,(H,16,18). The van der Waals surface area contributed by atoms with Crippen molar-refractivity contribution in [1.82, 2.24) is 9.55 Å². The molecule has 2 aromatic rings. The molecule has 0 aliphatic heterocycles. The average Bonchev–Trinajstić information content (AvgIpc) is 2.82. The van der Waals surface area contributed by atoms with Gasteiger partial charge in [0.1, 0.15) is 0 Å². The van der Waals surface area contributed by atoms with Gasteiger partial charge in [-0.1, -0.05) is 12.1 Å². The molecular formula is C13H16N4O. The summed E-state index contributed by atoms with van der Waals surface area (Å²) in [5.74, 6) is -0.0581. The molecule has 0 saturated heterocycles. The maximum Gasteiger partial charge on any atom is 0.225 e. The number of nitrogens with one attached hydrogen (secondary N) is 1. The van der Waals surface area contributed by atoms with Crippen molar-refractivity contribution in [3.63, 3.8) is 0 Å². The van der Waals surface area contributed by atoms with Gasteiger partial charge in [-0.3, -0.25) is 4.79 Å². The van der Waals surface area contributed by atoms with Crippen LogP contribution in [0.5, 0.6) is 0 Å². The lowest BCUT2D eigenvalue weighted by atomic mass is 10.2. The molecule has 5 nitrogen and oxygen atoms in total. The normalized spacial score (nSPS) is 10.3. The zero-order valence-corrected chi connectivity index (χ0v) is 10.0. The summed E-state index contributed by atoms with van der Waals surface area (Å²) in [5.41, 5.74) is 7.24. The minimum Gasteiger partial charge on any atom is -0.333 e. The van der Waals surface area contributed by atoms with Crippen molar-refractivity contribution in [2.24, 2.45) is 5.73 Å². The van der Waals surface area contributed by atoms with Gasteiger partial charge in [0.15, 0.2) is 0 Å². The molecule has 2 rings (SSSR count). The first-order valence-corrected chi connectivity index (χ1v) is 5.82. The second-order valence-corrected chi connectivity index (χ2v) is 4.02. The van der Waals surface area contributed by atoms with Crippen molar-refractivity contribution in [1.29, 1.82) is 0 Å². The highest BCUT2D eigenvalue weighted by atomic mass is 16.1. The monoisotopic (exact) mass is 244 g/mol. The maximum atomic E-state index is 11.4. The van der Waals surface area contributed by atoms with Crippen LogP contribution in [0.4, 0.5) is 5.69 Å². The van der Waals surface area contributed by atoms with E-state index in [2.05, 4.69) is 10.3 Å². The lowest BCUT2D eigenvalue weighted by molar-refractivity contribution is -0.116. The number of hydrogen-bond acceptors (Lipinski definition) is 3. The van der Waals surface area contributed by atoms with Crippen LogP contribution in [0.25, 0.3) is 0 Å². The second kappa shape index (κ2) is 5.97. The minimum absolute atomic E-state index is 0.0581. The molecule has 18 heavy (non-hydrogen) atoms. The van der Waals surface area contributed by atoms with Crippen molar-refractivity contribution >= 4 is 11.6 Å². The summed E-state index contributed by atoms with van der Waals surface area (Å²) >= 11 is 0. The summed E-state index contributed by atoms with van der Waals surface area (Å²) in [7, 11) is 0. The number of imidazole rings is 1. The molecule has 0 atom stereocenters. The van der Waals surface area contributed by atoms with Gasteiger partial charge in [-0.2, -0.15) is 0 Å². The van der Waals surface area contributed by atoms with Gasteiger partial charge in [-0.15, -0.1) is 0 Å². The topological polar surface area (TPSA) is 72.9 Å². The van der Waals surface area contributed by atoms with E-state index >= 15 is 0 Å². The SMILES string of the molecule is NCCC(=O)Nc1cccc(Cn2ccnc2)c1. The van der Waals surface area contributed by atoms with Crippen LogP contribution in [-0.2, 0) is 11.3 Å². The van der Waals surface area contributed by atoms with Gasteiger partial charge in [0.05, 0.1) is 6.33 Å². The Kier molecular flexibility index (Phi) is 4.09. The Morgan fingerprint density at radius 3 is 3.06 bits per heavy atom. The number of anilines is 1. The van der Waals surface area contributed by atoms with Gasteiger partial charge in [-0.25, -0.2) is 4.98 Å². The molecule has 1 amide bonds. The third-order valence-electron chi connectivity index (χ3n) is 2.51. The molecule has 3 N–H and O–H groups in total. The first kappa shape index (κ1) is 12.3. The fraction of sp³-hybridized carbons (Fsp3) is 0.231. The van der Waals surface area contributed by atoms with E-state index in [4.69, 9.17) is 5.73 Å². The maximum absolute atomic E-state index is 11.4. The summed E-state index contributed by atoms with van der Waals surface area (Å²) in [6, 6.07) is 7.75. The molecular weight excluding hydrogens is 228 g/mol. The number of carbonyl (C=O) groups excluding carboxylic acids is 1. The summed E-state index contributed by atoms with van der Waals surface area (Å²) in [6.07, 6.45) is 5.75. The molecule has 0 unspecified atom stereocenters. The predicted molar refractivity (Wildman–Crippen MR) is 70.1 cm³/mol. The van der Waals surface area contributed by atoms with Crippen LogP contribution in [0.3, 0.4) is 0 Å². The Labute approximate surface area is 106 Å². The Balaban J connectivity index is 2.03. The van der Waals surface area contributed by atoms with E-state index in [0.29, 0.717) is 13.0 Å². The molecule has 0 spiro atoms. The first-order valence-electron chi connectivity index (χ1n) is 5.82. The van der Waals surface area contributed by atoms with E-state index in [1.54, 1.807) is 12.5 Å². The number of nitrogens with zero attached hydrogens (tertiary/aromatic N) is 2. The number of carbonyl (C=O) groups is 1. The molecule has 1 aromatic carbocycles. The minimum atomic E-state index is -0.0581. The number of benzene rings is 1. The van der Waals surface area contributed by atoms with Crippen molar-refractivity contribution in [2.75, 3.05) is 11.9 Å². The van der Waals surface area contributed by atoms with Crippen molar-refractivity contribution < 1.29 is 4.79 Å². The molecule has 1 aromatic heterocycles. The third-order valence-corrected chi connectivity index (χ3v) is 2.51. The summed E-state index contributed by atoms with van der Waals surface area (Å²) < 4.78 is 1.97. The van der Waals surface area contributed by atoms with Crippen LogP contribution in [0.1, 0.15) is 12.0 Å². The lowest BCUT2D eigenvalue weighted by Gasteiger charge is -2.07. The molecule has 0 aliphatic carbocycles. The Morgan fingerprint density at radius 2 is 2.33 bits per heavy atom. The molecule has 0 bridgehead atoms. The van der Waals surface area contributed by atoms with Gasteiger partial charge in [0.2, 0.25) is 5.91 Å². The molecule has 0 radical (unpaired) electrons. The number of amides is 1. The van der Waals surface area contributed by atoms with Crippen molar-refractivity contribution in [2.45, 2.75) is 13.0 Å². The summed E-state index contributed by atoms with van der Waals surface area (Å²) in [4.78, 5) is 15.4. The van der Waals surface area contributed by atoms with E-state index in [-0.39, 0.29) is 5.91 Å². The fourth-order valence-electron chi connectivity index (χ4n) is 1.69. The van der Waals surface area contributed by atoms with Crippen molar-refractivity contribution in [3.8, 4) is 0 Å². The van der Waals surface area contributed by atoms with Gasteiger partial charge in [0, 0.05) is 37.6 Å². The van der Waals surface area contributed by atoms with E-state index in [0.717, 1.165) is 17.8 Å². The average molecular weight is 244 g/mol. The highest BCUT2D eigenvalue weighted by Crippen LogP contribution is 2.12. The molecule has 0 fully saturated rings. The second-order valence-electron chi connectivity index (χ2n) is 4.02. The van der Waals surface area contributed by atoms with Gasteiger partial charge in [0.25, 0.3) is 0 Å². The largest absolute Gasteiger partial charge is 0.333 e. The van der Waals surface area contributed by atoms with E-state index in [1.807, 2.05) is 35.0 Å². The zero-order chi connectivity index (χ0) is 12.8. The predicted octanol–water partition coefficient (Wildman–Crippen LogP) is 1.22. The van der Waals surface area contributed by atoms with Crippen LogP contribution >= 0.6 is 0 Å². The highest BCUT2D eigenvalue weighted by Gasteiger charge is 2.02. The molecule has 1 heterocycles. The first-order chi connectivity index (χ1) is 8.78. The number of nitrogens with two attached hydrogens (primary N) is 1. The number of hydrogen-bond donors (Lipinski definition) is 2. The lowest BCUT2D eigenvalue weighted by Crippen LogP contribution is -2.16. The fourth-order valence-corrected chi connectivity index (χ4v) is 1.69. The number of aromatic nitrogens is 2. The van der Waals surface area contributed by atoms with Gasteiger partial charge in [-0.05, 0) is 17.7 Å². The van der Waals surface area contributed by atoms with Crippen LogP contribution in [0.2, 0.25) is 0 Å². The molecule has 94 valence electrons. The van der Waals surface area contributed by atoms with E-state index in [9.17, 15) is 4.79 Å². The van der Waals surface area contributed by atoms with E-state index < -0.39 is 0 Å². The number of rotatable bonds is 5. The third kappa shape index (κ3) is 3.43. The Morgan fingerprint density at radius 1 is 1.44 bits per heavy atom. The van der Waals surface area contributed by atoms with Crippen LogP contribution in [-0.4, -0.2) is 22.0 Å². The molecule has 5 heteroatoms. The van der Waals surface area contributed by atoms with Crippen LogP contribution in [0.15, 0.2) is 43.0 Å². The quantitative estimate of drug-likeness (QED) is 0.830. The Bertz CT molecular complexity index is 507. The highest BCUT2D eigenvalue weighted by molar-refractivity contribution is 5.90. The van der Waals surface area contributed by atoms with Gasteiger partial charge < -0.3 is 15.6 Å². The smallest absolute Gasteiger partial charge is 0.225 e. The van der Waals surface area contributed by atoms with Crippen molar-refractivity contribution in [3.05, 3.63) is 48.5 Å². The molecule has 0 saturated carbocycles. The van der Waals surface area contributed by atoms with Crippen LogP contribution < -0.4 is 11.1 Å². The summed E-state index contributed by atoms with van der Waals surface area (Å²) in [6.45, 7) is 1.10. The Hall–Kier alpha value is -2.14. The van der Waals surface area contributed by atoms with Crippen LogP contribution in [0, 0.1) is 0 Å².